The summed E-state index contributed by atoms with van der Waals surface area (Å²) in [6, 6.07) is 9.27. The molecule has 1 heterocycles. The lowest BCUT2D eigenvalue weighted by Crippen LogP contribution is -2.24. The molecular formula is C17H17N3O5. The molecule has 0 aliphatic carbocycles. The van der Waals surface area contributed by atoms with Gasteiger partial charge in [0, 0.05) is 23.9 Å². The molecule has 2 aromatic rings. The number of hydrogen-bond donors (Lipinski definition) is 2. The molecule has 0 aliphatic rings. The molecule has 2 rings (SSSR count). The van der Waals surface area contributed by atoms with E-state index in [-0.39, 0.29) is 18.7 Å². The number of pyridine rings is 1. The molecule has 130 valence electrons. The highest BCUT2D eigenvalue weighted by Gasteiger charge is 2.17. The second kappa shape index (κ2) is 8.44. The molecule has 1 aromatic heterocycles. The van der Waals surface area contributed by atoms with Crippen LogP contribution in [0.2, 0.25) is 0 Å². The van der Waals surface area contributed by atoms with Crippen molar-refractivity contribution in [1.82, 2.24) is 10.3 Å². The SMILES string of the molecule is Cc1c(C=CCNC(=O)OCc2ccccc2)c[nH]c(=O)c1[N+](=O)[O-]. The number of nitrogens with one attached hydrogen (secondary N) is 2. The summed E-state index contributed by atoms with van der Waals surface area (Å²) in [5, 5.41) is 13.4. The Labute approximate surface area is 143 Å². The number of nitro groups is 1. The molecule has 25 heavy (non-hydrogen) atoms. The van der Waals surface area contributed by atoms with Crippen LogP contribution >= 0.6 is 0 Å². The van der Waals surface area contributed by atoms with E-state index in [0.717, 1.165) is 5.56 Å². The van der Waals surface area contributed by atoms with Crippen molar-refractivity contribution < 1.29 is 14.5 Å². The number of nitrogens with zero attached hydrogens (tertiary/aromatic N) is 1. The van der Waals surface area contributed by atoms with Crippen LogP contribution < -0.4 is 10.9 Å². The maximum Gasteiger partial charge on any atom is 0.407 e. The van der Waals surface area contributed by atoms with E-state index in [9.17, 15) is 19.7 Å². The summed E-state index contributed by atoms with van der Waals surface area (Å²) < 4.78 is 5.05. The Balaban J connectivity index is 1.87. The van der Waals surface area contributed by atoms with Gasteiger partial charge in [0.1, 0.15) is 6.61 Å². The van der Waals surface area contributed by atoms with Gasteiger partial charge < -0.3 is 15.0 Å². The topological polar surface area (TPSA) is 114 Å². The standard InChI is InChI=1S/C17H17N3O5/c1-12-14(10-19-16(21)15(12)20(23)24)8-5-9-18-17(22)25-11-13-6-3-2-4-7-13/h2-8,10H,9,11H2,1H3,(H,18,22)(H,19,21). The largest absolute Gasteiger partial charge is 0.445 e. The van der Waals surface area contributed by atoms with Crippen molar-refractivity contribution in [3.8, 4) is 0 Å². The molecule has 0 radical (unpaired) electrons. The molecule has 0 aliphatic heterocycles. The average molecular weight is 343 g/mol. The van der Waals surface area contributed by atoms with E-state index in [2.05, 4.69) is 10.3 Å². The Kier molecular flexibility index (Phi) is 6.05. The van der Waals surface area contributed by atoms with Gasteiger partial charge >= 0.3 is 17.3 Å². The van der Waals surface area contributed by atoms with Gasteiger partial charge in [-0.1, -0.05) is 42.5 Å². The van der Waals surface area contributed by atoms with E-state index >= 15 is 0 Å². The van der Waals surface area contributed by atoms with E-state index in [4.69, 9.17) is 4.74 Å². The highest BCUT2D eigenvalue weighted by atomic mass is 16.6. The van der Waals surface area contributed by atoms with Gasteiger partial charge in [0.25, 0.3) is 0 Å². The Morgan fingerprint density at radius 3 is 2.76 bits per heavy atom. The molecule has 1 aromatic carbocycles. The number of aromatic amines is 1. The Morgan fingerprint density at radius 1 is 1.36 bits per heavy atom. The quantitative estimate of drug-likeness (QED) is 0.618. The van der Waals surface area contributed by atoms with Crippen LogP contribution in [0, 0.1) is 17.0 Å². The van der Waals surface area contributed by atoms with Crippen LogP contribution in [0.1, 0.15) is 16.7 Å². The predicted octanol–water partition coefficient (Wildman–Crippen LogP) is 2.53. The van der Waals surface area contributed by atoms with E-state index in [1.807, 2.05) is 30.3 Å². The van der Waals surface area contributed by atoms with Gasteiger partial charge in [-0.15, -0.1) is 0 Å². The number of amides is 1. The first kappa shape index (κ1) is 17.9. The molecule has 1 amide bonds. The summed E-state index contributed by atoms with van der Waals surface area (Å²) >= 11 is 0. The first-order chi connectivity index (χ1) is 12.0. The van der Waals surface area contributed by atoms with Crippen LogP contribution in [0.25, 0.3) is 6.08 Å². The lowest BCUT2D eigenvalue weighted by molar-refractivity contribution is -0.386. The number of ether oxygens (including phenoxy) is 1. The summed E-state index contributed by atoms with van der Waals surface area (Å²) in [4.78, 5) is 35.5. The van der Waals surface area contributed by atoms with Crippen LogP contribution in [0.3, 0.4) is 0 Å². The highest BCUT2D eigenvalue weighted by Crippen LogP contribution is 2.16. The minimum absolute atomic E-state index is 0.168. The van der Waals surface area contributed by atoms with E-state index in [1.54, 1.807) is 12.2 Å². The maximum absolute atomic E-state index is 11.6. The molecule has 8 nitrogen and oxygen atoms in total. The Bertz CT molecular complexity index is 843. The molecule has 0 spiro atoms. The number of benzene rings is 1. The molecule has 0 bridgehead atoms. The zero-order valence-corrected chi connectivity index (χ0v) is 13.5. The van der Waals surface area contributed by atoms with Gasteiger partial charge in [0.05, 0.1) is 4.92 Å². The van der Waals surface area contributed by atoms with Gasteiger partial charge in [-0.25, -0.2) is 4.79 Å². The van der Waals surface area contributed by atoms with Crippen LogP contribution in [0.4, 0.5) is 10.5 Å². The third-order valence-electron chi connectivity index (χ3n) is 3.42. The minimum atomic E-state index is -0.748. The summed E-state index contributed by atoms with van der Waals surface area (Å²) in [6.07, 6.45) is 4.00. The lowest BCUT2D eigenvalue weighted by Gasteiger charge is -2.05. The Hall–Kier alpha value is -3.42. The molecule has 0 fully saturated rings. The van der Waals surface area contributed by atoms with Crippen LogP contribution in [-0.2, 0) is 11.3 Å². The maximum atomic E-state index is 11.6. The number of carbonyl (C=O) groups excluding carboxylic acids is 1. The number of alkyl carbamates (subject to hydrolysis) is 1. The summed E-state index contributed by atoms with van der Waals surface area (Å²) in [6.45, 7) is 1.84. The van der Waals surface area contributed by atoms with Gasteiger partial charge in [0.2, 0.25) is 0 Å². The second-order valence-corrected chi connectivity index (χ2v) is 5.15. The van der Waals surface area contributed by atoms with Gasteiger partial charge in [-0.3, -0.25) is 14.9 Å². The minimum Gasteiger partial charge on any atom is -0.445 e. The number of rotatable bonds is 6. The van der Waals surface area contributed by atoms with E-state index < -0.39 is 22.3 Å². The fraction of sp³-hybridized carbons (Fsp3) is 0.176. The van der Waals surface area contributed by atoms with Crippen molar-refractivity contribution in [2.75, 3.05) is 6.54 Å². The van der Waals surface area contributed by atoms with Crippen molar-refractivity contribution >= 4 is 17.9 Å². The number of H-pyrrole nitrogens is 1. The molecule has 0 saturated heterocycles. The summed E-state index contributed by atoms with van der Waals surface area (Å²) in [5.74, 6) is 0. The van der Waals surface area contributed by atoms with Gasteiger partial charge in [-0.05, 0) is 12.5 Å². The van der Waals surface area contributed by atoms with Crippen LogP contribution in [-0.4, -0.2) is 22.5 Å². The normalized spacial score (nSPS) is 10.6. The van der Waals surface area contributed by atoms with Crippen molar-refractivity contribution in [2.24, 2.45) is 0 Å². The highest BCUT2D eigenvalue weighted by molar-refractivity contribution is 5.67. The monoisotopic (exact) mass is 343 g/mol. The number of aromatic nitrogens is 1. The zero-order valence-electron chi connectivity index (χ0n) is 13.5. The smallest absolute Gasteiger partial charge is 0.407 e. The number of carbonyl (C=O) groups is 1. The lowest BCUT2D eigenvalue weighted by atomic mass is 10.1. The summed E-state index contributed by atoms with van der Waals surface area (Å²) in [5.41, 5.74) is 0.395. The molecule has 8 heteroatoms. The van der Waals surface area contributed by atoms with Crippen LogP contribution in [0.15, 0.2) is 47.4 Å². The van der Waals surface area contributed by atoms with Crippen molar-refractivity contribution in [3.05, 3.63) is 79.8 Å². The fourth-order valence-electron chi connectivity index (χ4n) is 2.12. The number of hydrogen-bond acceptors (Lipinski definition) is 5. The first-order valence-corrected chi connectivity index (χ1v) is 7.47. The third kappa shape index (κ3) is 5.03. The van der Waals surface area contributed by atoms with Crippen molar-refractivity contribution in [3.63, 3.8) is 0 Å². The van der Waals surface area contributed by atoms with Crippen molar-refractivity contribution in [2.45, 2.75) is 13.5 Å². The third-order valence-corrected chi connectivity index (χ3v) is 3.42. The average Bonchev–Trinajstić information content (AvgIpc) is 2.59. The predicted molar refractivity (Wildman–Crippen MR) is 92.1 cm³/mol. The van der Waals surface area contributed by atoms with E-state index in [0.29, 0.717) is 5.56 Å². The summed E-state index contributed by atoms with van der Waals surface area (Å²) in [7, 11) is 0. The van der Waals surface area contributed by atoms with Crippen LogP contribution in [0.5, 0.6) is 0 Å². The Morgan fingerprint density at radius 2 is 2.08 bits per heavy atom. The fourth-order valence-corrected chi connectivity index (χ4v) is 2.12. The van der Waals surface area contributed by atoms with Gasteiger partial charge in [-0.2, -0.15) is 0 Å². The van der Waals surface area contributed by atoms with E-state index in [1.165, 1.54) is 13.1 Å². The molecule has 0 atom stereocenters. The first-order valence-electron chi connectivity index (χ1n) is 7.47. The molecular weight excluding hydrogens is 326 g/mol. The second-order valence-electron chi connectivity index (χ2n) is 5.15. The van der Waals surface area contributed by atoms with Gasteiger partial charge in [0.15, 0.2) is 0 Å². The molecule has 0 saturated carbocycles. The van der Waals surface area contributed by atoms with Crippen molar-refractivity contribution in [1.29, 1.82) is 0 Å². The zero-order chi connectivity index (χ0) is 18.2. The molecule has 0 unspecified atom stereocenters. The molecule has 2 N–H and O–H groups in total.